The Morgan fingerprint density at radius 3 is 2.44 bits per heavy atom. The van der Waals surface area contributed by atoms with E-state index in [-0.39, 0.29) is 30.3 Å². The maximum Gasteiger partial charge on any atom is 0.260 e. The van der Waals surface area contributed by atoms with Gasteiger partial charge < -0.3 is 19.3 Å². The summed E-state index contributed by atoms with van der Waals surface area (Å²) < 4.78 is 10.3. The van der Waals surface area contributed by atoms with Crippen LogP contribution in [0, 0.1) is 6.92 Å². The van der Waals surface area contributed by atoms with Crippen LogP contribution in [0.2, 0.25) is 0 Å². The molecule has 0 N–H and O–H groups in total. The van der Waals surface area contributed by atoms with Crippen molar-refractivity contribution in [3.63, 3.8) is 0 Å². The average Bonchev–Trinajstić information content (AvgIpc) is 2.69. The van der Waals surface area contributed by atoms with Gasteiger partial charge in [0.1, 0.15) is 12.1 Å². The van der Waals surface area contributed by atoms with E-state index in [9.17, 15) is 9.59 Å². The number of ether oxygens (including phenoxy) is 2. The van der Waals surface area contributed by atoms with Crippen LogP contribution in [0.3, 0.4) is 0 Å². The third kappa shape index (κ3) is 3.72. The van der Waals surface area contributed by atoms with Gasteiger partial charge in [0.15, 0.2) is 0 Å². The molecule has 1 saturated heterocycles. The molecule has 0 bridgehead atoms. The standard InChI is InChI=1S/C20H23N3O4/c1-13-5-7-15(8-6-13)23-11-14(2)22(12-18(23)24)20(25)16-9-10-17(26-3)21-19(16)27-4/h5-10,14H,11-12H2,1-4H3/t14-/m1/s1. The van der Waals surface area contributed by atoms with Gasteiger partial charge in [-0.3, -0.25) is 9.59 Å². The van der Waals surface area contributed by atoms with E-state index < -0.39 is 0 Å². The summed E-state index contributed by atoms with van der Waals surface area (Å²) in [5.41, 5.74) is 2.28. The van der Waals surface area contributed by atoms with Gasteiger partial charge in [-0.1, -0.05) is 17.7 Å². The lowest BCUT2D eigenvalue weighted by atomic mass is 10.1. The van der Waals surface area contributed by atoms with Gasteiger partial charge in [-0.2, -0.15) is 4.98 Å². The van der Waals surface area contributed by atoms with Crippen molar-refractivity contribution >= 4 is 17.5 Å². The van der Waals surface area contributed by atoms with Crippen molar-refractivity contribution in [1.82, 2.24) is 9.88 Å². The van der Waals surface area contributed by atoms with Gasteiger partial charge in [0, 0.05) is 24.3 Å². The lowest BCUT2D eigenvalue weighted by molar-refractivity contribution is -0.121. The fourth-order valence-corrected chi connectivity index (χ4v) is 3.11. The predicted molar refractivity (Wildman–Crippen MR) is 101 cm³/mol. The highest BCUT2D eigenvalue weighted by Crippen LogP contribution is 2.25. The zero-order chi connectivity index (χ0) is 19.6. The Balaban J connectivity index is 1.82. The summed E-state index contributed by atoms with van der Waals surface area (Å²) in [7, 11) is 2.94. The molecule has 2 heterocycles. The van der Waals surface area contributed by atoms with E-state index in [0.717, 1.165) is 11.3 Å². The summed E-state index contributed by atoms with van der Waals surface area (Å²) in [6.07, 6.45) is 0. The number of anilines is 1. The van der Waals surface area contributed by atoms with Gasteiger partial charge in [0.2, 0.25) is 17.7 Å². The van der Waals surface area contributed by atoms with Crippen LogP contribution < -0.4 is 14.4 Å². The Hall–Kier alpha value is -3.09. The van der Waals surface area contributed by atoms with Crippen LogP contribution in [0.4, 0.5) is 5.69 Å². The second-order valence-corrected chi connectivity index (χ2v) is 6.53. The molecule has 7 heteroatoms. The molecule has 1 aliphatic heterocycles. The largest absolute Gasteiger partial charge is 0.481 e. The zero-order valence-electron chi connectivity index (χ0n) is 15.9. The molecule has 1 fully saturated rings. The van der Waals surface area contributed by atoms with Crippen molar-refractivity contribution in [2.45, 2.75) is 19.9 Å². The number of piperazine rings is 1. The van der Waals surface area contributed by atoms with Gasteiger partial charge >= 0.3 is 0 Å². The summed E-state index contributed by atoms with van der Waals surface area (Å²) in [5.74, 6) is 0.133. The third-order valence-electron chi connectivity index (χ3n) is 4.66. The number of benzene rings is 1. The van der Waals surface area contributed by atoms with Crippen molar-refractivity contribution in [3.05, 3.63) is 47.5 Å². The summed E-state index contributed by atoms with van der Waals surface area (Å²) >= 11 is 0. The molecule has 1 aromatic carbocycles. The highest BCUT2D eigenvalue weighted by Gasteiger charge is 2.35. The summed E-state index contributed by atoms with van der Waals surface area (Å²) in [5, 5.41) is 0. The van der Waals surface area contributed by atoms with Crippen LogP contribution in [0.1, 0.15) is 22.8 Å². The molecular formula is C20H23N3O4. The maximum absolute atomic E-state index is 13.0. The van der Waals surface area contributed by atoms with Crippen molar-refractivity contribution in [3.8, 4) is 11.8 Å². The third-order valence-corrected chi connectivity index (χ3v) is 4.66. The van der Waals surface area contributed by atoms with E-state index >= 15 is 0 Å². The molecule has 0 unspecified atom stereocenters. The second kappa shape index (κ2) is 7.65. The highest BCUT2D eigenvalue weighted by atomic mass is 16.5. The number of hydrogen-bond donors (Lipinski definition) is 0. The molecule has 142 valence electrons. The van der Waals surface area contributed by atoms with E-state index in [0.29, 0.717) is 18.0 Å². The number of carbonyl (C=O) groups is 2. The van der Waals surface area contributed by atoms with Gasteiger partial charge in [0.05, 0.1) is 14.2 Å². The molecule has 1 atom stereocenters. The Kier molecular flexibility index (Phi) is 5.30. The maximum atomic E-state index is 13.0. The topological polar surface area (TPSA) is 72.0 Å². The van der Waals surface area contributed by atoms with Crippen LogP contribution in [0.5, 0.6) is 11.8 Å². The van der Waals surface area contributed by atoms with Crippen LogP contribution in [-0.4, -0.2) is 55.0 Å². The highest BCUT2D eigenvalue weighted by molar-refractivity contribution is 6.03. The Labute approximate surface area is 158 Å². The monoisotopic (exact) mass is 369 g/mol. The second-order valence-electron chi connectivity index (χ2n) is 6.53. The molecule has 1 aliphatic rings. The first-order valence-electron chi connectivity index (χ1n) is 8.71. The minimum atomic E-state index is -0.286. The molecule has 2 aromatic rings. The first-order valence-corrected chi connectivity index (χ1v) is 8.71. The van der Waals surface area contributed by atoms with Gasteiger partial charge in [0.25, 0.3) is 5.91 Å². The molecule has 0 spiro atoms. The quantitative estimate of drug-likeness (QED) is 0.827. The van der Waals surface area contributed by atoms with Crippen LogP contribution in [-0.2, 0) is 4.79 Å². The summed E-state index contributed by atoms with van der Waals surface area (Å²) in [6, 6.07) is 10.9. The predicted octanol–water partition coefficient (Wildman–Crippen LogP) is 2.28. The molecule has 0 saturated carbocycles. The van der Waals surface area contributed by atoms with E-state index in [4.69, 9.17) is 9.47 Å². The van der Waals surface area contributed by atoms with Crippen molar-refractivity contribution in [2.75, 3.05) is 32.2 Å². The molecular weight excluding hydrogens is 346 g/mol. The summed E-state index contributed by atoms with van der Waals surface area (Å²) in [6.45, 7) is 4.36. The number of aromatic nitrogens is 1. The lowest BCUT2D eigenvalue weighted by Gasteiger charge is -2.39. The number of rotatable bonds is 4. The van der Waals surface area contributed by atoms with Gasteiger partial charge in [-0.25, -0.2) is 0 Å². The van der Waals surface area contributed by atoms with Crippen LogP contribution in [0.15, 0.2) is 36.4 Å². The molecule has 7 nitrogen and oxygen atoms in total. The van der Waals surface area contributed by atoms with Crippen LogP contribution in [0.25, 0.3) is 0 Å². The Morgan fingerprint density at radius 1 is 1.11 bits per heavy atom. The van der Waals surface area contributed by atoms with Crippen LogP contribution >= 0.6 is 0 Å². The number of aryl methyl sites for hydroxylation is 1. The number of nitrogens with zero attached hydrogens (tertiary/aromatic N) is 3. The van der Waals surface area contributed by atoms with Crippen molar-refractivity contribution in [1.29, 1.82) is 0 Å². The van der Waals surface area contributed by atoms with Gasteiger partial charge in [-0.05, 0) is 32.0 Å². The number of methoxy groups -OCH3 is 2. The number of carbonyl (C=O) groups excluding carboxylic acids is 2. The van der Waals surface area contributed by atoms with E-state index in [1.54, 1.807) is 21.9 Å². The average molecular weight is 369 g/mol. The van der Waals surface area contributed by atoms with E-state index in [2.05, 4.69) is 4.98 Å². The van der Waals surface area contributed by atoms with Crippen molar-refractivity contribution in [2.24, 2.45) is 0 Å². The molecule has 2 amide bonds. The number of pyridine rings is 1. The fraction of sp³-hybridized carbons (Fsp3) is 0.350. The van der Waals surface area contributed by atoms with E-state index in [1.807, 2.05) is 38.1 Å². The first-order chi connectivity index (χ1) is 12.9. The molecule has 0 radical (unpaired) electrons. The minimum Gasteiger partial charge on any atom is -0.481 e. The zero-order valence-corrected chi connectivity index (χ0v) is 15.9. The Morgan fingerprint density at radius 2 is 1.81 bits per heavy atom. The van der Waals surface area contributed by atoms with Crippen molar-refractivity contribution < 1.29 is 19.1 Å². The molecule has 0 aliphatic carbocycles. The van der Waals surface area contributed by atoms with Gasteiger partial charge in [-0.15, -0.1) is 0 Å². The normalized spacial score (nSPS) is 17.0. The first kappa shape index (κ1) is 18.7. The Bertz CT molecular complexity index is 851. The fourth-order valence-electron chi connectivity index (χ4n) is 3.11. The number of amides is 2. The molecule has 27 heavy (non-hydrogen) atoms. The lowest BCUT2D eigenvalue weighted by Crippen LogP contribution is -2.57. The minimum absolute atomic E-state index is 0.00304. The smallest absolute Gasteiger partial charge is 0.260 e. The number of hydrogen-bond acceptors (Lipinski definition) is 5. The summed E-state index contributed by atoms with van der Waals surface area (Å²) in [4.78, 5) is 33.1. The SMILES string of the molecule is COc1ccc(C(=O)N2CC(=O)N(c3ccc(C)cc3)C[C@H]2C)c(OC)n1. The van der Waals surface area contributed by atoms with E-state index in [1.165, 1.54) is 14.2 Å². The molecule has 1 aromatic heterocycles. The molecule has 3 rings (SSSR count).